The number of ether oxygens (including phenoxy) is 1. The first-order valence-electron chi connectivity index (χ1n) is 9.08. The molecule has 142 valence electrons. The maximum atomic E-state index is 12.8. The van der Waals surface area contributed by atoms with E-state index < -0.39 is 5.60 Å². The lowest BCUT2D eigenvalue weighted by atomic mass is 9.91. The van der Waals surface area contributed by atoms with Crippen LogP contribution < -0.4 is 4.90 Å². The number of amides is 1. The van der Waals surface area contributed by atoms with Gasteiger partial charge in [0, 0.05) is 34.3 Å². The van der Waals surface area contributed by atoms with E-state index in [1.807, 2.05) is 67.6 Å². The van der Waals surface area contributed by atoms with Crippen molar-refractivity contribution < 1.29 is 9.53 Å². The van der Waals surface area contributed by atoms with E-state index >= 15 is 0 Å². The maximum absolute atomic E-state index is 12.8. The largest absolute Gasteiger partial charge is 0.438 e. The van der Waals surface area contributed by atoms with Crippen LogP contribution >= 0.6 is 23.2 Å². The van der Waals surface area contributed by atoms with Gasteiger partial charge in [-0.1, -0.05) is 71.7 Å². The molecule has 0 aliphatic carbocycles. The first-order chi connectivity index (χ1) is 13.5. The van der Waals surface area contributed by atoms with Gasteiger partial charge in [-0.25, -0.2) is 4.79 Å². The summed E-state index contributed by atoms with van der Waals surface area (Å²) in [6, 6.07) is 22.9. The summed E-state index contributed by atoms with van der Waals surface area (Å²) in [6.07, 6.45) is 0.333. The molecular formula is C23H19Cl2NO2. The molecule has 1 fully saturated rings. The number of benzene rings is 3. The van der Waals surface area contributed by atoms with Crippen molar-refractivity contribution in [2.75, 3.05) is 11.4 Å². The zero-order valence-electron chi connectivity index (χ0n) is 15.4. The zero-order valence-corrected chi connectivity index (χ0v) is 16.9. The van der Waals surface area contributed by atoms with Crippen LogP contribution in [0, 0.1) is 0 Å². The molecule has 5 heteroatoms. The Bertz CT molecular complexity index is 1000. The fraction of sp³-hybridized carbons (Fsp3) is 0.174. The van der Waals surface area contributed by atoms with Crippen LogP contribution in [-0.2, 0) is 10.3 Å². The number of cyclic esters (lactones) is 1. The lowest BCUT2D eigenvalue weighted by Gasteiger charge is -2.39. The van der Waals surface area contributed by atoms with Crippen molar-refractivity contribution in [2.45, 2.75) is 18.9 Å². The number of rotatable bonds is 3. The van der Waals surface area contributed by atoms with Gasteiger partial charge in [-0.05, 0) is 42.3 Å². The Labute approximate surface area is 174 Å². The highest BCUT2D eigenvalue weighted by Gasteiger charge is 2.38. The van der Waals surface area contributed by atoms with Crippen LogP contribution in [-0.4, -0.2) is 12.6 Å². The highest BCUT2D eigenvalue weighted by Crippen LogP contribution is 2.38. The van der Waals surface area contributed by atoms with Crippen molar-refractivity contribution >= 4 is 35.0 Å². The second-order valence-electron chi connectivity index (χ2n) is 7.01. The number of nitrogens with zero attached hydrogens (tertiary/aromatic N) is 1. The molecule has 0 aromatic heterocycles. The Kier molecular flexibility index (Phi) is 5.05. The summed E-state index contributed by atoms with van der Waals surface area (Å²) >= 11 is 12.7. The summed E-state index contributed by atoms with van der Waals surface area (Å²) in [5, 5.41) is 1.14. The topological polar surface area (TPSA) is 29.5 Å². The highest BCUT2D eigenvalue weighted by molar-refractivity contribution is 6.39. The number of hydrogen-bond acceptors (Lipinski definition) is 2. The van der Waals surface area contributed by atoms with Crippen LogP contribution in [0.3, 0.4) is 0 Å². The molecule has 1 heterocycles. The van der Waals surface area contributed by atoms with Gasteiger partial charge in [-0.2, -0.15) is 0 Å². The number of anilines is 1. The van der Waals surface area contributed by atoms with E-state index in [9.17, 15) is 4.79 Å². The Morgan fingerprint density at radius 2 is 1.61 bits per heavy atom. The van der Waals surface area contributed by atoms with Gasteiger partial charge >= 0.3 is 6.09 Å². The van der Waals surface area contributed by atoms with E-state index in [-0.39, 0.29) is 6.09 Å². The van der Waals surface area contributed by atoms with Gasteiger partial charge < -0.3 is 4.74 Å². The quantitative estimate of drug-likeness (QED) is 0.467. The van der Waals surface area contributed by atoms with Crippen LogP contribution in [0.4, 0.5) is 10.5 Å². The molecule has 3 aromatic carbocycles. The van der Waals surface area contributed by atoms with Gasteiger partial charge in [0.05, 0.1) is 0 Å². The minimum Gasteiger partial charge on any atom is -0.438 e. The summed E-state index contributed by atoms with van der Waals surface area (Å²) < 4.78 is 5.85. The van der Waals surface area contributed by atoms with E-state index in [2.05, 4.69) is 0 Å². The molecule has 4 rings (SSSR count). The molecule has 0 N–H and O–H groups in total. The second-order valence-corrected chi connectivity index (χ2v) is 7.83. The van der Waals surface area contributed by atoms with Crippen LogP contribution in [0.15, 0.2) is 72.8 Å². The first-order valence-corrected chi connectivity index (χ1v) is 9.84. The molecule has 0 spiro atoms. The van der Waals surface area contributed by atoms with E-state index in [0.717, 1.165) is 22.4 Å². The van der Waals surface area contributed by atoms with Crippen molar-refractivity contribution in [1.82, 2.24) is 0 Å². The average molecular weight is 412 g/mol. The number of hydrogen-bond donors (Lipinski definition) is 0. The Morgan fingerprint density at radius 1 is 0.929 bits per heavy atom. The predicted octanol–water partition coefficient (Wildman–Crippen LogP) is 6.92. The lowest BCUT2D eigenvalue weighted by molar-refractivity contribution is 0.00583. The lowest BCUT2D eigenvalue weighted by Crippen LogP contribution is -2.46. The van der Waals surface area contributed by atoms with E-state index in [4.69, 9.17) is 27.9 Å². The van der Waals surface area contributed by atoms with E-state index in [0.29, 0.717) is 23.0 Å². The van der Waals surface area contributed by atoms with Crippen molar-refractivity contribution in [2.24, 2.45) is 0 Å². The molecule has 0 bridgehead atoms. The minimum absolute atomic E-state index is 0.361. The molecule has 28 heavy (non-hydrogen) atoms. The molecular weight excluding hydrogens is 393 g/mol. The minimum atomic E-state index is -0.626. The number of carbonyl (C=O) groups is 1. The van der Waals surface area contributed by atoms with Gasteiger partial charge in [-0.15, -0.1) is 0 Å². The summed E-state index contributed by atoms with van der Waals surface area (Å²) in [5.74, 6) is 0. The smallest absolute Gasteiger partial charge is 0.415 e. The molecule has 1 saturated heterocycles. The van der Waals surface area contributed by atoms with Crippen molar-refractivity contribution in [3.63, 3.8) is 0 Å². The summed E-state index contributed by atoms with van der Waals surface area (Å²) in [4.78, 5) is 14.5. The molecule has 0 radical (unpaired) electrons. The number of halogens is 2. The summed E-state index contributed by atoms with van der Waals surface area (Å²) in [7, 11) is 0. The molecule has 0 unspecified atom stereocenters. The van der Waals surface area contributed by atoms with Crippen LogP contribution in [0.25, 0.3) is 11.1 Å². The van der Waals surface area contributed by atoms with Gasteiger partial charge in [0.2, 0.25) is 0 Å². The molecule has 0 saturated carbocycles. The highest BCUT2D eigenvalue weighted by atomic mass is 35.5. The van der Waals surface area contributed by atoms with Gasteiger partial charge in [-0.3, -0.25) is 4.90 Å². The first kappa shape index (κ1) is 18.9. The maximum Gasteiger partial charge on any atom is 0.415 e. The SMILES string of the molecule is C[C@]1(c2ccccc2)CCN(c2cccc(-c3c(Cl)cccc3Cl)c2)C(=O)O1. The van der Waals surface area contributed by atoms with Crippen LogP contribution in [0.2, 0.25) is 10.0 Å². The Morgan fingerprint density at radius 3 is 2.29 bits per heavy atom. The van der Waals surface area contributed by atoms with E-state index in [1.165, 1.54) is 0 Å². The van der Waals surface area contributed by atoms with Crippen molar-refractivity contribution in [3.8, 4) is 11.1 Å². The van der Waals surface area contributed by atoms with Crippen LogP contribution in [0.5, 0.6) is 0 Å². The molecule has 1 amide bonds. The second kappa shape index (κ2) is 7.50. The molecule has 1 aliphatic rings. The van der Waals surface area contributed by atoms with Gasteiger partial charge in [0.15, 0.2) is 0 Å². The zero-order chi connectivity index (χ0) is 19.7. The predicted molar refractivity (Wildman–Crippen MR) is 114 cm³/mol. The fourth-order valence-electron chi connectivity index (χ4n) is 3.55. The third kappa shape index (κ3) is 3.48. The molecule has 1 atom stereocenters. The molecule has 3 aromatic rings. The Hall–Kier alpha value is -2.49. The van der Waals surface area contributed by atoms with Crippen LogP contribution in [0.1, 0.15) is 18.9 Å². The molecule has 1 aliphatic heterocycles. The Balaban J connectivity index is 1.62. The average Bonchev–Trinajstić information content (AvgIpc) is 2.69. The van der Waals surface area contributed by atoms with Gasteiger partial charge in [0.25, 0.3) is 0 Å². The van der Waals surface area contributed by atoms with Gasteiger partial charge in [0.1, 0.15) is 5.60 Å². The number of carbonyl (C=O) groups excluding carboxylic acids is 1. The third-order valence-corrected chi connectivity index (χ3v) is 5.77. The van der Waals surface area contributed by atoms with E-state index in [1.54, 1.807) is 17.0 Å². The van der Waals surface area contributed by atoms with Crippen molar-refractivity contribution in [1.29, 1.82) is 0 Å². The standard InChI is InChI=1S/C23H19Cl2NO2/c1-23(17-8-3-2-4-9-17)13-14-26(22(27)28-23)18-10-5-7-16(15-18)21-19(24)11-6-12-20(21)25/h2-12,15H,13-14H2,1H3/t23-/m1/s1. The molecule has 3 nitrogen and oxygen atoms in total. The summed E-state index contributed by atoms with van der Waals surface area (Å²) in [5.41, 5.74) is 2.75. The summed E-state index contributed by atoms with van der Waals surface area (Å²) in [6.45, 7) is 2.52. The fourth-order valence-corrected chi connectivity index (χ4v) is 4.16. The normalized spacial score (nSPS) is 19.4. The monoisotopic (exact) mass is 411 g/mol. The van der Waals surface area contributed by atoms with Crippen molar-refractivity contribution in [3.05, 3.63) is 88.4 Å². The third-order valence-electron chi connectivity index (χ3n) is 5.14.